The first kappa shape index (κ1) is 19.2. The van der Waals surface area contributed by atoms with E-state index in [4.69, 9.17) is 10.5 Å². The van der Waals surface area contributed by atoms with Crippen LogP contribution in [0.3, 0.4) is 0 Å². The molecular weight excluding hydrogens is 324 g/mol. The van der Waals surface area contributed by atoms with Gasteiger partial charge in [0.05, 0.1) is 6.10 Å². The molecule has 0 bridgehead atoms. The fourth-order valence-corrected chi connectivity index (χ4v) is 4.31. The Labute approximate surface area is 150 Å². The van der Waals surface area contributed by atoms with Gasteiger partial charge in [0.2, 0.25) is 5.91 Å². The number of nitrogens with one attached hydrogen (secondary N) is 1. The van der Waals surface area contributed by atoms with Crippen molar-refractivity contribution in [3.8, 4) is 0 Å². The number of amides is 1. The van der Waals surface area contributed by atoms with Crippen molar-refractivity contribution in [1.82, 2.24) is 5.32 Å². The molecule has 1 aromatic rings. The van der Waals surface area contributed by atoms with Crippen LogP contribution in [0.5, 0.6) is 0 Å². The molecule has 2 saturated carbocycles. The van der Waals surface area contributed by atoms with Gasteiger partial charge in [0.1, 0.15) is 5.54 Å². The number of benzene rings is 1. The lowest BCUT2D eigenvalue weighted by Crippen LogP contribution is -2.66. The highest BCUT2D eigenvalue weighted by Crippen LogP contribution is 2.54. The fourth-order valence-electron chi connectivity index (χ4n) is 4.31. The third kappa shape index (κ3) is 3.19. The molecule has 3 rings (SSSR count). The lowest BCUT2D eigenvalue weighted by molar-refractivity contribution is -0.147. The summed E-state index contributed by atoms with van der Waals surface area (Å²) in [5.41, 5.74) is 6.33. The van der Waals surface area contributed by atoms with Crippen molar-refractivity contribution in [2.75, 3.05) is 6.61 Å². The largest absolute Gasteiger partial charge is 0.378 e. The number of hydrogen-bond donors (Lipinski definition) is 2. The summed E-state index contributed by atoms with van der Waals surface area (Å²) >= 11 is 0. The van der Waals surface area contributed by atoms with E-state index in [1.54, 1.807) is 6.92 Å². The van der Waals surface area contributed by atoms with Gasteiger partial charge in [-0.25, -0.2) is 0 Å². The van der Waals surface area contributed by atoms with Gasteiger partial charge in [-0.2, -0.15) is 0 Å². The van der Waals surface area contributed by atoms with E-state index < -0.39 is 5.54 Å². The lowest BCUT2D eigenvalue weighted by atomic mass is 9.60. The van der Waals surface area contributed by atoms with Gasteiger partial charge in [-0.3, -0.25) is 4.79 Å². The van der Waals surface area contributed by atoms with Crippen LogP contribution in [0.2, 0.25) is 0 Å². The number of carbonyl (C=O) groups is 1. The van der Waals surface area contributed by atoms with Crippen LogP contribution in [-0.4, -0.2) is 24.7 Å². The topological polar surface area (TPSA) is 64.3 Å². The van der Waals surface area contributed by atoms with Gasteiger partial charge in [-0.05, 0) is 38.7 Å². The van der Waals surface area contributed by atoms with Crippen LogP contribution in [0.1, 0.15) is 51.5 Å². The molecule has 0 heterocycles. The molecule has 2 fully saturated rings. The third-order valence-electron chi connectivity index (χ3n) is 5.84. The monoisotopic (exact) mass is 352 g/mol. The van der Waals surface area contributed by atoms with E-state index in [1.165, 1.54) is 12.8 Å². The Morgan fingerprint density at radius 1 is 1.33 bits per heavy atom. The molecule has 0 radical (unpaired) electrons. The van der Waals surface area contributed by atoms with E-state index in [2.05, 4.69) is 5.32 Å². The van der Waals surface area contributed by atoms with Gasteiger partial charge in [0.15, 0.2) is 0 Å². The second-order valence-corrected chi connectivity index (χ2v) is 7.21. The van der Waals surface area contributed by atoms with E-state index in [1.807, 2.05) is 37.3 Å². The van der Waals surface area contributed by atoms with E-state index in [0.717, 1.165) is 31.4 Å². The van der Waals surface area contributed by atoms with E-state index in [0.29, 0.717) is 6.10 Å². The number of rotatable bonds is 5. The smallest absolute Gasteiger partial charge is 0.244 e. The average Bonchev–Trinajstić information content (AvgIpc) is 3.07. The van der Waals surface area contributed by atoms with Crippen LogP contribution in [0.4, 0.5) is 0 Å². The van der Waals surface area contributed by atoms with Crippen molar-refractivity contribution in [2.45, 2.75) is 63.6 Å². The highest BCUT2D eigenvalue weighted by atomic mass is 35.5. The molecule has 0 aliphatic heterocycles. The summed E-state index contributed by atoms with van der Waals surface area (Å²) in [6.07, 6.45) is 5.96. The van der Waals surface area contributed by atoms with Gasteiger partial charge in [-0.15, -0.1) is 12.4 Å². The standard InChI is InChI=1S/C19H28N2O2.ClH/c1-3-23-16-13-15(19(16)11-7-8-12-19)21-17(22)18(2,20)14-9-5-4-6-10-14;/h4-6,9-10,15-16H,3,7-8,11-13,20H2,1-2H3,(H,21,22);1H. The number of halogens is 1. The van der Waals surface area contributed by atoms with Crippen LogP contribution in [0.25, 0.3) is 0 Å². The minimum atomic E-state index is -1.00. The van der Waals surface area contributed by atoms with Gasteiger partial charge in [-0.1, -0.05) is 43.2 Å². The van der Waals surface area contributed by atoms with Crippen LogP contribution in [-0.2, 0) is 15.1 Å². The molecule has 3 unspecified atom stereocenters. The van der Waals surface area contributed by atoms with Crippen molar-refractivity contribution in [2.24, 2.45) is 11.1 Å². The normalized spacial score (nSPS) is 27.0. The molecule has 2 aliphatic rings. The zero-order valence-corrected chi connectivity index (χ0v) is 15.4. The maximum Gasteiger partial charge on any atom is 0.244 e. The maximum atomic E-state index is 12.8. The highest BCUT2D eigenvalue weighted by Gasteiger charge is 2.57. The SMILES string of the molecule is CCOC1CC(NC(=O)C(C)(N)c2ccccc2)C12CCCC2.Cl. The molecule has 5 heteroatoms. The summed E-state index contributed by atoms with van der Waals surface area (Å²) in [6.45, 7) is 4.57. The molecule has 3 atom stereocenters. The number of ether oxygens (including phenoxy) is 1. The average molecular weight is 353 g/mol. The van der Waals surface area contributed by atoms with E-state index in [-0.39, 0.29) is 29.8 Å². The second kappa shape index (κ2) is 7.42. The Hall–Kier alpha value is -1.10. The van der Waals surface area contributed by atoms with Crippen LogP contribution >= 0.6 is 12.4 Å². The van der Waals surface area contributed by atoms with Crippen LogP contribution in [0, 0.1) is 5.41 Å². The summed E-state index contributed by atoms with van der Waals surface area (Å²) in [7, 11) is 0. The summed E-state index contributed by atoms with van der Waals surface area (Å²) in [6, 6.07) is 9.79. The van der Waals surface area contributed by atoms with Crippen molar-refractivity contribution in [1.29, 1.82) is 0 Å². The Morgan fingerprint density at radius 2 is 1.96 bits per heavy atom. The van der Waals surface area contributed by atoms with Crippen LogP contribution < -0.4 is 11.1 Å². The summed E-state index contributed by atoms with van der Waals surface area (Å²) in [5, 5.41) is 3.23. The Kier molecular flexibility index (Phi) is 5.95. The molecule has 1 spiro atoms. The molecule has 0 saturated heterocycles. The predicted molar refractivity (Wildman–Crippen MR) is 98.1 cm³/mol. The van der Waals surface area contributed by atoms with Crippen LogP contribution in [0.15, 0.2) is 30.3 Å². The molecule has 1 amide bonds. The first-order chi connectivity index (χ1) is 11.0. The minimum absolute atomic E-state index is 0. The lowest BCUT2D eigenvalue weighted by Gasteiger charge is -2.54. The van der Waals surface area contributed by atoms with Gasteiger partial charge >= 0.3 is 0 Å². The zero-order chi connectivity index (χ0) is 16.5. The van der Waals surface area contributed by atoms with Gasteiger partial charge in [0.25, 0.3) is 0 Å². The molecule has 0 aromatic heterocycles. The second-order valence-electron chi connectivity index (χ2n) is 7.21. The summed E-state index contributed by atoms with van der Waals surface area (Å²) in [5.74, 6) is -0.0880. The predicted octanol–water partition coefficient (Wildman–Crippen LogP) is 3.14. The van der Waals surface area contributed by atoms with Crippen molar-refractivity contribution in [3.63, 3.8) is 0 Å². The van der Waals surface area contributed by atoms with E-state index >= 15 is 0 Å². The van der Waals surface area contributed by atoms with Crippen molar-refractivity contribution in [3.05, 3.63) is 35.9 Å². The Morgan fingerprint density at radius 3 is 2.54 bits per heavy atom. The molecule has 134 valence electrons. The van der Waals surface area contributed by atoms with Gasteiger partial charge < -0.3 is 15.8 Å². The maximum absolute atomic E-state index is 12.8. The fraction of sp³-hybridized carbons (Fsp3) is 0.632. The molecule has 2 aliphatic carbocycles. The van der Waals surface area contributed by atoms with Crippen molar-refractivity contribution >= 4 is 18.3 Å². The third-order valence-corrected chi connectivity index (χ3v) is 5.84. The quantitative estimate of drug-likeness (QED) is 0.855. The Balaban J connectivity index is 0.00000208. The molecule has 24 heavy (non-hydrogen) atoms. The zero-order valence-electron chi connectivity index (χ0n) is 14.6. The number of nitrogens with two attached hydrogens (primary N) is 1. The summed E-state index contributed by atoms with van der Waals surface area (Å²) < 4.78 is 5.92. The highest BCUT2D eigenvalue weighted by molar-refractivity contribution is 5.87. The molecule has 4 nitrogen and oxygen atoms in total. The first-order valence-electron chi connectivity index (χ1n) is 8.77. The van der Waals surface area contributed by atoms with Gasteiger partial charge in [0, 0.05) is 18.1 Å². The molecule has 3 N–H and O–H groups in total. The number of hydrogen-bond acceptors (Lipinski definition) is 3. The first-order valence-corrected chi connectivity index (χ1v) is 8.77. The molecule has 1 aromatic carbocycles. The minimum Gasteiger partial charge on any atom is -0.378 e. The Bertz CT molecular complexity index is 556. The van der Waals surface area contributed by atoms with E-state index in [9.17, 15) is 4.79 Å². The number of carbonyl (C=O) groups excluding carboxylic acids is 1. The van der Waals surface area contributed by atoms with Crippen molar-refractivity contribution < 1.29 is 9.53 Å². The summed E-state index contributed by atoms with van der Waals surface area (Å²) in [4.78, 5) is 12.8. The molecular formula is C19H29ClN2O2.